The second-order valence-corrected chi connectivity index (χ2v) is 6.12. The zero-order valence-electron chi connectivity index (χ0n) is 11.9. The van der Waals surface area contributed by atoms with E-state index in [1.54, 1.807) is 0 Å². The van der Waals surface area contributed by atoms with Crippen LogP contribution in [-0.2, 0) is 12.0 Å². The highest BCUT2D eigenvalue weighted by Gasteiger charge is 2.38. The lowest BCUT2D eigenvalue weighted by Gasteiger charge is -2.25. The van der Waals surface area contributed by atoms with Gasteiger partial charge in [0.05, 0.1) is 6.10 Å². The smallest absolute Gasteiger partial charge is 0.119 e. The lowest BCUT2D eigenvalue weighted by Crippen LogP contribution is -2.23. The summed E-state index contributed by atoms with van der Waals surface area (Å²) in [4.78, 5) is 0. The minimum absolute atomic E-state index is 0.397. The Bertz CT molecular complexity index is 676. The molecule has 1 saturated carbocycles. The van der Waals surface area contributed by atoms with Gasteiger partial charge < -0.3 is 15.6 Å². The molecule has 4 rings (SSSR count). The average Bonchev–Trinajstić information content (AvgIpc) is 3.23. The highest BCUT2D eigenvalue weighted by Crippen LogP contribution is 2.43. The number of nitrogens with two attached hydrogens (primary N) is 1. The van der Waals surface area contributed by atoms with Crippen molar-refractivity contribution in [2.45, 2.75) is 37.4 Å². The Hall–Kier alpha value is -2.00. The molecule has 0 aliphatic heterocycles. The van der Waals surface area contributed by atoms with Gasteiger partial charge >= 0.3 is 0 Å². The molecule has 3 N–H and O–H groups in total. The predicted octanol–water partition coefficient (Wildman–Crippen LogP) is 2.99. The lowest BCUT2D eigenvalue weighted by atomic mass is 9.88. The van der Waals surface area contributed by atoms with E-state index in [4.69, 9.17) is 10.5 Å². The van der Waals surface area contributed by atoms with Crippen LogP contribution in [0.5, 0.6) is 5.75 Å². The number of aryl methyl sites for hydroxylation is 1. The number of fused-ring (bicyclic) bond motifs is 1. The first-order valence-corrected chi connectivity index (χ1v) is 7.54. The van der Waals surface area contributed by atoms with E-state index >= 15 is 0 Å². The third kappa shape index (κ3) is 2.18. The predicted molar refractivity (Wildman–Crippen MR) is 82.3 cm³/mol. The van der Waals surface area contributed by atoms with Gasteiger partial charge in [-0.3, -0.25) is 0 Å². The largest absolute Gasteiger partial charge is 0.490 e. The van der Waals surface area contributed by atoms with E-state index < -0.39 is 5.60 Å². The number of hydrogen-bond donors (Lipinski definition) is 2. The van der Waals surface area contributed by atoms with Crippen LogP contribution in [0.25, 0.3) is 0 Å². The molecule has 1 fully saturated rings. The highest BCUT2D eigenvalue weighted by atomic mass is 16.5. The van der Waals surface area contributed by atoms with E-state index in [0.29, 0.717) is 12.5 Å². The van der Waals surface area contributed by atoms with Gasteiger partial charge in [0.2, 0.25) is 0 Å². The van der Waals surface area contributed by atoms with Gasteiger partial charge in [-0.25, -0.2) is 0 Å². The third-order valence-electron chi connectivity index (χ3n) is 4.49. The molecular weight excluding hydrogens is 262 g/mol. The van der Waals surface area contributed by atoms with Gasteiger partial charge in [-0.05, 0) is 66.6 Å². The van der Waals surface area contributed by atoms with Crippen molar-refractivity contribution in [3.8, 4) is 5.75 Å². The van der Waals surface area contributed by atoms with Crippen LogP contribution < -0.4 is 10.5 Å². The van der Waals surface area contributed by atoms with E-state index in [2.05, 4.69) is 0 Å². The Morgan fingerprint density at radius 3 is 2.57 bits per heavy atom. The summed E-state index contributed by atoms with van der Waals surface area (Å²) in [5.74, 6) is 0.889. The number of nitrogen functional groups attached to an aromatic ring is 1. The van der Waals surface area contributed by atoms with Gasteiger partial charge in [-0.2, -0.15) is 0 Å². The molecule has 2 aliphatic rings. The molecular formula is C18H19NO2. The van der Waals surface area contributed by atoms with Crippen LogP contribution >= 0.6 is 0 Å². The van der Waals surface area contributed by atoms with Crippen molar-refractivity contribution >= 4 is 5.69 Å². The van der Waals surface area contributed by atoms with Crippen LogP contribution in [0.2, 0.25) is 0 Å². The summed E-state index contributed by atoms with van der Waals surface area (Å²) in [6.07, 6.45) is 4.27. The van der Waals surface area contributed by atoms with Crippen molar-refractivity contribution in [1.29, 1.82) is 0 Å². The summed E-state index contributed by atoms with van der Waals surface area (Å²) in [6, 6.07) is 13.7. The molecule has 0 bridgehead atoms. The number of anilines is 1. The van der Waals surface area contributed by atoms with E-state index in [1.165, 1.54) is 0 Å². The molecule has 0 amide bonds. The van der Waals surface area contributed by atoms with Crippen LogP contribution in [0.1, 0.15) is 36.0 Å². The fourth-order valence-electron chi connectivity index (χ4n) is 3.16. The van der Waals surface area contributed by atoms with Gasteiger partial charge in [0.15, 0.2) is 0 Å². The third-order valence-corrected chi connectivity index (χ3v) is 4.49. The summed E-state index contributed by atoms with van der Waals surface area (Å²) in [6.45, 7) is 0. The van der Waals surface area contributed by atoms with Gasteiger partial charge in [0.1, 0.15) is 11.4 Å². The second kappa shape index (κ2) is 4.50. The van der Waals surface area contributed by atoms with Gasteiger partial charge in [0, 0.05) is 5.69 Å². The molecule has 0 spiro atoms. The monoisotopic (exact) mass is 281 g/mol. The van der Waals surface area contributed by atoms with Crippen LogP contribution in [0.4, 0.5) is 5.69 Å². The standard InChI is InChI=1S/C18H19NO2/c19-14-3-8-17-12(11-14)9-10-18(17,20)13-1-4-15(5-2-13)21-16-6-7-16/h1-5,8,11,16,20H,6-7,9-10,19H2. The van der Waals surface area contributed by atoms with E-state index in [9.17, 15) is 5.11 Å². The molecule has 2 aliphatic carbocycles. The Morgan fingerprint density at radius 2 is 1.86 bits per heavy atom. The molecule has 2 aromatic carbocycles. The van der Waals surface area contributed by atoms with Crippen molar-refractivity contribution < 1.29 is 9.84 Å². The number of aliphatic hydroxyl groups is 1. The van der Waals surface area contributed by atoms with E-state index in [1.807, 2.05) is 42.5 Å². The zero-order valence-corrected chi connectivity index (χ0v) is 11.9. The van der Waals surface area contributed by atoms with Crippen molar-refractivity contribution in [1.82, 2.24) is 0 Å². The summed E-state index contributed by atoms with van der Waals surface area (Å²) in [5, 5.41) is 11.1. The summed E-state index contributed by atoms with van der Waals surface area (Å²) < 4.78 is 5.76. The van der Waals surface area contributed by atoms with E-state index in [-0.39, 0.29) is 0 Å². The lowest BCUT2D eigenvalue weighted by molar-refractivity contribution is 0.0829. The van der Waals surface area contributed by atoms with Crippen LogP contribution in [0.3, 0.4) is 0 Å². The number of ether oxygens (including phenoxy) is 1. The van der Waals surface area contributed by atoms with Crippen LogP contribution in [0, 0.1) is 0 Å². The summed E-state index contributed by atoms with van der Waals surface area (Å²) in [7, 11) is 0. The molecule has 0 radical (unpaired) electrons. The van der Waals surface area contributed by atoms with Crippen molar-refractivity contribution in [3.63, 3.8) is 0 Å². The molecule has 0 heterocycles. The minimum Gasteiger partial charge on any atom is -0.490 e. The molecule has 1 unspecified atom stereocenters. The normalized spacial score (nSPS) is 23.9. The first-order chi connectivity index (χ1) is 10.1. The molecule has 3 heteroatoms. The van der Waals surface area contributed by atoms with Crippen molar-refractivity contribution in [2.24, 2.45) is 0 Å². The fourth-order valence-corrected chi connectivity index (χ4v) is 3.16. The van der Waals surface area contributed by atoms with Gasteiger partial charge in [-0.15, -0.1) is 0 Å². The SMILES string of the molecule is Nc1ccc2c(c1)CCC2(O)c1ccc(OC2CC2)cc1. The molecule has 1 atom stereocenters. The van der Waals surface area contributed by atoms with Gasteiger partial charge in [0.25, 0.3) is 0 Å². The zero-order chi connectivity index (χ0) is 14.4. The molecule has 21 heavy (non-hydrogen) atoms. The quantitative estimate of drug-likeness (QED) is 0.850. The summed E-state index contributed by atoms with van der Waals surface area (Å²) in [5.41, 5.74) is 8.74. The topological polar surface area (TPSA) is 55.5 Å². The first kappa shape index (κ1) is 12.7. The molecule has 0 saturated heterocycles. The average molecular weight is 281 g/mol. The maximum Gasteiger partial charge on any atom is 0.119 e. The summed E-state index contributed by atoms with van der Waals surface area (Å²) >= 11 is 0. The second-order valence-electron chi connectivity index (χ2n) is 6.12. The number of hydrogen-bond acceptors (Lipinski definition) is 3. The number of rotatable bonds is 3. The Kier molecular flexibility index (Phi) is 2.73. The van der Waals surface area contributed by atoms with Crippen LogP contribution in [-0.4, -0.2) is 11.2 Å². The maximum absolute atomic E-state index is 11.1. The maximum atomic E-state index is 11.1. The fraction of sp³-hybridized carbons (Fsp3) is 0.333. The number of benzene rings is 2. The molecule has 3 nitrogen and oxygen atoms in total. The van der Waals surface area contributed by atoms with Crippen molar-refractivity contribution in [3.05, 3.63) is 59.2 Å². The van der Waals surface area contributed by atoms with Crippen LogP contribution in [0.15, 0.2) is 42.5 Å². The Labute approximate surface area is 124 Å². The minimum atomic E-state index is -0.902. The van der Waals surface area contributed by atoms with Crippen molar-refractivity contribution in [2.75, 3.05) is 5.73 Å². The van der Waals surface area contributed by atoms with E-state index in [0.717, 1.165) is 47.4 Å². The molecule has 0 aromatic heterocycles. The Balaban J connectivity index is 1.66. The Morgan fingerprint density at radius 1 is 1.10 bits per heavy atom. The first-order valence-electron chi connectivity index (χ1n) is 7.54. The molecule has 108 valence electrons. The van der Waals surface area contributed by atoms with Gasteiger partial charge in [-0.1, -0.05) is 18.2 Å². The molecule has 2 aromatic rings. The highest BCUT2D eigenvalue weighted by molar-refractivity contribution is 5.52.